The molecule has 2 aromatic carbocycles. The van der Waals surface area contributed by atoms with E-state index >= 15 is 0 Å². The molecular weight excluding hydrogens is 377 g/mol. The molecule has 1 aliphatic heterocycles. The molecule has 2 aromatic rings. The number of hydrogen-bond acceptors (Lipinski definition) is 4. The van der Waals surface area contributed by atoms with E-state index in [9.17, 15) is 9.18 Å². The van der Waals surface area contributed by atoms with E-state index in [1.54, 1.807) is 36.4 Å². The van der Waals surface area contributed by atoms with E-state index in [2.05, 4.69) is 15.5 Å². The fourth-order valence-corrected chi connectivity index (χ4v) is 3.42. The van der Waals surface area contributed by atoms with Crippen LogP contribution < -0.4 is 20.3 Å². The Labute approximate surface area is 169 Å². The molecule has 3 rings (SSSR count). The van der Waals surface area contributed by atoms with Gasteiger partial charge in [0.05, 0.1) is 12.3 Å². The Bertz CT molecular complexity index is 853. The third-order valence-corrected chi connectivity index (χ3v) is 4.74. The Hall–Kier alpha value is -2.67. The van der Waals surface area contributed by atoms with Crippen LogP contribution in [0, 0.1) is 5.82 Å². The predicted octanol–water partition coefficient (Wildman–Crippen LogP) is 4.34. The maximum Gasteiger partial charge on any atom is 0.257 e. The van der Waals surface area contributed by atoms with Gasteiger partial charge in [-0.05, 0) is 74.8 Å². The van der Waals surface area contributed by atoms with Gasteiger partial charge in [0.1, 0.15) is 11.6 Å². The minimum Gasteiger partial charge on any atom is -0.494 e. The molecule has 0 atom stereocenters. The van der Waals surface area contributed by atoms with E-state index in [-0.39, 0.29) is 16.8 Å². The van der Waals surface area contributed by atoms with Crippen LogP contribution in [0.3, 0.4) is 0 Å². The summed E-state index contributed by atoms with van der Waals surface area (Å²) in [6.07, 6.45) is 3.36. The van der Waals surface area contributed by atoms with Crippen molar-refractivity contribution in [1.29, 1.82) is 0 Å². The van der Waals surface area contributed by atoms with Gasteiger partial charge in [-0.2, -0.15) is 0 Å². The van der Waals surface area contributed by atoms with Gasteiger partial charge in [-0.1, -0.05) is 6.07 Å². The summed E-state index contributed by atoms with van der Waals surface area (Å²) in [5.41, 5.74) is 1.53. The lowest BCUT2D eigenvalue weighted by molar-refractivity contribution is 0.0977. The van der Waals surface area contributed by atoms with Crippen LogP contribution in [0.25, 0.3) is 0 Å². The van der Waals surface area contributed by atoms with E-state index in [0.717, 1.165) is 25.9 Å². The average Bonchev–Trinajstić information content (AvgIpc) is 2.69. The lowest BCUT2D eigenvalue weighted by Gasteiger charge is -2.29. The van der Waals surface area contributed by atoms with Crippen molar-refractivity contribution in [3.63, 3.8) is 0 Å². The van der Waals surface area contributed by atoms with Gasteiger partial charge in [-0.15, -0.1) is 0 Å². The summed E-state index contributed by atoms with van der Waals surface area (Å²) in [6.45, 7) is 4.14. The molecule has 1 amide bonds. The molecule has 7 heteroatoms. The van der Waals surface area contributed by atoms with Gasteiger partial charge in [-0.25, -0.2) is 4.39 Å². The molecule has 0 aromatic heterocycles. The highest BCUT2D eigenvalue weighted by Crippen LogP contribution is 2.25. The number of thiocarbonyl (C=S) groups is 1. The molecule has 0 aliphatic carbocycles. The summed E-state index contributed by atoms with van der Waals surface area (Å²) < 4.78 is 19.9. The summed E-state index contributed by atoms with van der Waals surface area (Å²) in [5, 5.41) is 5.58. The second-order valence-corrected chi connectivity index (χ2v) is 6.99. The highest BCUT2D eigenvalue weighted by atomic mass is 32.1. The van der Waals surface area contributed by atoms with E-state index in [0.29, 0.717) is 29.3 Å². The molecule has 0 bridgehead atoms. The lowest BCUT2D eigenvalue weighted by Crippen LogP contribution is -2.34. The summed E-state index contributed by atoms with van der Waals surface area (Å²) in [6, 6.07) is 11.8. The number of anilines is 2. The number of nitrogens with one attached hydrogen (secondary N) is 2. The molecule has 1 aliphatic rings. The lowest BCUT2D eigenvalue weighted by atomic mass is 10.1. The zero-order valence-corrected chi connectivity index (χ0v) is 16.7. The first kappa shape index (κ1) is 20.1. The zero-order chi connectivity index (χ0) is 19.9. The van der Waals surface area contributed by atoms with Gasteiger partial charge in [0.15, 0.2) is 5.11 Å². The van der Waals surface area contributed by atoms with Crippen molar-refractivity contribution in [1.82, 2.24) is 5.32 Å². The molecule has 148 valence electrons. The first-order chi connectivity index (χ1) is 13.6. The minimum absolute atomic E-state index is 0.108. The Balaban J connectivity index is 1.60. The maximum absolute atomic E-state index is 14.5. The Morgan fingerprint density at radius 1 is 1.18 bits per heavy atom. The molecule has 2 N–H and O–H groups in total. The predicted molar refractivity (Wildman–Crippen MR) is 114 cm³/mol. The first-order valence-electron chi connectivity index (χ1n) is 9.46. The van der Waals surface area contributed by atoms with Crippen molar-refractivity contribution in [2.75, 3.05) is 29.9 Å². The summed E-state index contributed by atoms with van der Waals surface area (Å²) in [7, 11) is 0. The fraction of sp³-hybridized carbons (Fsp3) is 0.333. The normalized spacial score (nSPS) is 13.7. The molecular formula is C21H24FN3O2S. The maximum atomic E-state index is 14.5. The molecule has 0 saturated carbocycles. The highest BCUT2D eigenvalue weighted by molar-refractivity contribution is 7.80. The van der Waals surface area contributed by atoms with Crippen LogP contribution >= 0.6 is 12.2 Å². The van der Waals surface area contributed by atoms with Crippen LogP contribution in [0.2, 0.25) is 0 Å². The van der Waals surface area contributed by atoms with Crippen molar-refractivity contribution < 1.29 is 13.9 Å². The standard InChI is InChI=1S/C21H24FN3O2S/c1-2-27-17-8-6-7-15(13-17)20(26)24-21(28)23-16-9-10-19(18(22)14-16)25-11-4-3-5-12-25/h6-10,13-14H,2-5,11-12H2,1H3,(H2,23,24,26,28). The molecule has 5 nitrogen and oxygen atoms in total. The summed E-state index contributed by atoms with van der Waals surface area (Å²) in [4.78, 5) is 14.4. The molecule has 0 radical (unpaired) electrons. The summed E-state index contributed by atoms with van der Waals surface area (Å²) in [5.74, 6) is -0.0423. The number of benzene rings is 2. The second-order valence-electron chi connectivity index (χ2n) is 6.58. The number of hydrogen-bond donors (Lipinski definition) is 2. The molecule has 0 spiro atoms. The number of carbonyl (C=O) groups is 1. The number of halogens is 1. The van der Waals surface area contributed by atoms with Gasteiger partial charge in [0.2, 0.25) is 0 Å². The van der Waals surface area contributed by atoms with E-state index < -0.39 is 0 Å². The number of nitrogens with zero attached hydrogens (tertiary/aromatic N) is 1. The number of rotatable bonds is 5. The van der Waals surface area contributed by atoms with Crippen LogP contribution in [-0.4, -0.2) is 30.7 Å². The minimum atomic E-state index is -0.357. The third kappa shape index (κ3) is 5.19. The van der Waals surface area contributed by atoms with Crippen LogP contribution in [0.15, 0.2) is 42.5 Å². The van der Waals surface area contributed by atoms with E-state index in [4.69, 9.17) is 17.0 Å². The Morgan fingerprint density at radius 3 is 2.68 bits per heavy atom. The van der Waals surface area contributed by atoms with Gasteiger partial charge in [0, 0.05) is 24.3 Å². The quantitative estimate of drug-likeness (QED) is 0.730. The van der Waals surface area contributed by atoms with Crippen LogP contribution in [0.4, 0.5) is 15.8 Å². The van der Waals surface area contributed by atoms with Crippen LogP contribution in [0.1, 0.15) is 36.5 Å². The number of amides is 1. The van der Waals surface area contributed by atoms with Crippen molar-refractivity contribution in [2.24, 2.45) is 0 Å². The smallest absolute Gasteiger partial charge is 0.257 e. The van der Waals surface area contributed by atoms with Crippen molar-refractivity contribution in [3.8, 4) is 5.75 Å². The Kier molecular flexibility index (Phi) is 6.81. The monoisotopic (exact) mass is 401 g/mol. The molecule has 28 heavy (non-hydrogen) atoms. The first-order valence-corrected chi connectivity index (χ1v) is 9.87. The van der Waals surface area contributed by atoms with Gasteiger partial charge >= 0.3 is 0 Å². The highest BCUT2D eigenvalue weighted by Gasteiger charge is 2.15. The van der Waals surface area contributed by atoms with Gasteiger partial charge in [-0.3, -0.25) is 10.1 Å². The van der Waals surface area contributed by atoms with Crippen molar-refractivity contribution >= 4 is 34.6 Å². The molecule has 0 unspecified atom stereocenters. The second kappa shape index (κ2) is 9.50. The van der Waals surface area contributed by atoms with E-state index in [1.807, 2.05) is 6.92 Å². The van der Waals surface area contributed by atoms with Gasteiger partial charge < -0.3 is 15.0 Å². The molecule has 1 heterocycles. The third-order valence-electron chi connectivity index (χ3n) is 4.54. The SMILES string of the molecule is CCOc1cccc(C(=O)NC(=S)Nc2ccc(N3CCCCC3)c(F)c2)c1. The average molecular weight is 402 g/mol. The van der Waals surface area contributed by atoms with Gasteiger partial charge in [0.25, 0.3) is 5.91 Å². The molecule has 1 saturated heterocycles. The Morgan fingerprint density at radius 2 is 1.96 bits per heavy atom. The van der Waals surface area contributed by atoms with Crippen LogP contribution in [0.5, 0.6) is 5.75 Å². The fourth-order valence-electron chi connectivity index (χ4n) is 3.21. The van der Waals surface area contributed by atoms with E-state index in [1.165, 1.54) is 12.5 Å². The topological polar surface area (TPSA) is 53.6 Å². The number of carbonyl (C=O) groups excluding carboxylic acids is 1. The van der Waals surface area contributed by atoms with Crippen LogP contribution in [-0.2, 0) is 0 Å². The van der Waals surface area contributed by atoms with Crippen molar-refractivity contribution in [2.45, 2.75) is 26.2 Å². The number of ether oxygens (including phenoxy) is 1. The largest absolute Gasteiger partial charge is 0.494 e. The summed E-state index contributed by atoms with van der Waals surface area (Å²) >= 11 is 5.19. The van der Waals surface area contributed by atoms with Crippen molar-refractivity contribution in [3.05, 3.63) is 53.8 Å². The zero-order valence-electron chi connectivity index (χ0n) is 15.8. The number of piperidine rings is 1. The molecule has 1 fully saturated rings.